The largest absolute Gasteiger partial charge is 0.384 e. The maximum Gasteiger partial charge on any atom is 0.191 e. The second kappa shape index (κ2) is 9.55. The molecule has 1 aliphatic heterocycles. The van der Waals surface area contributed by atoms with E-state index in [9.17, 15) is 5.11 Å². The van der Waals surface area contributed by atoms with Crippen molar-refractivity contribution in [1.82, 2.24) is 15.6 Å². The molecule has 2 aromatic rings. The van der Waals surface area contributed by atoms with Gasteiger partial charge in [-0.3, -0.25) is 0 Å². The standard InChI is InChI=1S/C22H31N5O/c1-3-23-21(26-17-22(2,28)19-9-5-4-6-10-19)25-16-18-11-12-24-20(15-18)27-13-7-8-14-27/h4-6,9-12,15,28H,3,7-8,13-14,16-17H2,1-2H3,(H2,23,25,26). The Labute approximate surface area is 167 Å². The minimum atomic E-state index is -0.975. The van der Waals surface area contributed by atoms with Crippen molar-refractivity contribution in [2.24, 2.45) is 4.99 Å². The van der Waals surface area contributed by atoms with Crippen LogP contribution in [0.1, 0.15) is 37.8 Å². The fourth-order valence-electron chi connectivity index (χ4n) is 3.35. The minimum absolute atomic E-state index is 0.373. The highest BCUT2D eigenvalue weighted by Crippen LogP contribution is 2.20. The Hall–Kier alpha value is -2.60. The number of nitrogens with one attached hydrogen (secondary N) is 2. The number of rotatable bonds is 7. The van der Waals surface area contributed by atoms with Crippen molar-refractivity contribution in [3.63, 3.8) is 0 Å². The van der Waals surface area contributed by atoms with E-state index in [1.165, 1.54) is 12.8 Å². The van der Waals surface area contributed by atoms with E-state index in [2.05, 4.69) is 31.6 Å². The van der Waals surface area contributed by atoms with Crippen LogP contribution in [0.5, 0.6) is 0 Å². The third kappa shape index (κ3) is 5.45. The maximum atomic E-state index is 10.8. The highest BCUT2D eigenvalue weighted by molar-refractivity contribution is 5.79. The Morgan fingerprint density at radius 2 is 1.93 bits per heavy atom. The topological polar surface area (TPSA) is 72.8 Å². The fourth-order valence-corrected chi connectivity index (χ4v) is 3.35. The normalized spacial score (nSPS) is 16.7. The molecule has 0 aliphatic carbocycles. The van der Waals surface area contributed by atoms with Gasteiger partial charge in [0.05, 0.1) is 13.1 Å². The Bertz CT molecular complexity index is 770. The molecule has 2 heterocycles. The molecule has 1 aromatic heterocycles. The molecule has 1 saturated heterocycles. The van der Waals surface area contributed by atoms with Crippen LogP contribution >= 0.6 is 0 Å². The van der Waals surface area contributed by atoms with E-state index in [0.29, 0.717) is 19.0 Å². The van der Waals surface area contributed by atoms with Crippen LogP contribution in [-0.2, 0) is 12.1 Å². The summed E-state index contributed by atoms with van der Waals surface area (Å²) < 4.78 is 0. The summed E-state index contributed by atoms with van der Waals surface area (Å²) >= 11 is 0. The molecule has 0 saturated carbocycles. The summed E-state index contributed by atoms with van der Waals surface area (Å²) in [7, 11) is 0. The minimum Gasteiger partial charge on any atom is -0.384 e. The highest BCUT2D eigenvalue weighted by atomic mass is 16.3. The number of hydrogen-bond donors (Lipinski definition) is 3. The number of aliphatic hydroxyl groups is 1. The van der Waals surface area contributed by atoms with Gasteiger partial charge in [0.2, 0.25) is 0 Å². The zero-order chi connectivity index (χ0) is 19.8. The van der Waals surface area contributed by atoms with Gasteiger partial charge < -0.3 is 20.6 Å². The lowest BCUT2D eigenvalue weighted by atomic mass is 9.96. The van der Waals surface area contributed by atoms with E-state index in [1.54, 1.807) is 0 Å². The average molecular weight is 382 g/mol. The van der Waals surface area contributed by atoms with Crippen molar-refractivity contribution in [2.75, 3.05) is 31.1 Å². The van der Waals surface area contributed by atoms with E-state index >= 15 is 0 Å². The molecule has 0 spiro atoms. The van der Waals surface area contributed by atoms with E-state index in [-0.39, 0.29) is 0 Å². The molecule has 1 aliphatic rings. The smallest absolute Gasteiger partial charge is 0.191 e. The van der Waals surface area contributed by atoms with E-state index in [4.69, 9.17) is 0 Å². The molecule has 1 unspecified atom stereocenters. The molecule has 0 bridgehead atoms. The number of anilines is 1. The second-order valence-corrected chi connectivity index (χ2v) is 7.41. The molecular weight excluding hydrogens is 350 g/mol. The summed E-state index contributed by atoms with van der Waals surface area (Å²) in [6, 6.07) is 13.8. The Morgan fingerprint density at radius 3 is 2.64 bits per heavy atom. The molecule has 28 heavy (non-hydrogen) atoms. The fraction of sp³-hybridized carbons (Fsp3) is 0.455. The third-order valence-corrected chi connectivity index (χ3v) is 5.00. The van der Waals surface area contributed by atoms with Crippen LogP contribution in [0.2, 0.25) is 0 Å². The molecule has 3 rings (SSSR count). The van der Waals surface area contributed by atoms with Gasteiger partial charge in [-0.15, -0.1) is 0 Å². The van der Waals surface area contributed by atoms with Crippen LogP contribution in [0.4, 0.5) is 5.82 Å². The van der Waals surface area contributed by atoms with Gasteiger partial charge in [0, 0.05) is 25.8 Å². The van der Waals surface area contributed by atoms with Gasteiger partial charge in [-0.25, -0.2) is 9.98 Å². The molecule has 150 valence electrons. The van der Waals surface area contributed by atoms with Crippen LogP contribution in [-0.4, -0.2) is 42.2 Å². The molecule has 6 nitrogen and oxygen atoms in total. The summed E-state index contributed by atoms with van der Waals surface area (Å²) in [6.45, 7) is 7.70. The zero-order valence-electron chi connectivity index (χ0n) is 16.9. The average Bonchev–Trinajstić information content (AvgIpc) is 3.26. The lowest BCUT2D eigenvalue weighted by Crippen LogP contribution is -2.44. The molecule has 1 atom stereocenters. The number of aliphatic imine (C=N–C) groups is 1. The third-order valence-electron chi connectivity index (χ3n) is 5.00. The second-order valence-electron chi connectivity index (χ2n) is 7.41. The predicted molar refractivity (Wildman–Crippen MR) is 115 cm³/mol. The van der Waals surface area contributed by atoms with Gasteiger partial charge >= 0.3 is 0 Å². The first-order valence-corrected chi connectivity index (χ1v) is 10.1. The van der Waals surface area contributed by atoms with Gasteiger partial charge in [-0.2, -0.15) is 0 Å². The van der Waals surface area contributed by atoms with Crippen molar-refractivity contribution >= 4 is 11.8 Å². The molecule has 0 amide bonds. The predicted octanol–water partition coefficient (Wildman–Crippen LogP) is 2.64. The van der Waals surface area contributed by atoms with Crippen LogP contribution in [0.25, 0.3) is 0 Å². The van der Waals surface area contributed by atoms with Gasteiger partial charge in [0.25, 0.3) is 0 Å². The summed E-state index contributed by atoms with van der Waals surface area (Å²) in [5, 5.41) is 17.3. The molecule has 3 N–H and O–H groups in total. The summed E-state index contributed by atoms with van der Waals surface area (Å²) in [5.41, 5.74) is 1.03. The summed E-state index contributed by atoms with van der Waals surface area (Å²) in [5.74, 6) is 1.73. The number of benzene rings is 1. The van der Waals surface area contributed by atoms with Gasteiger partial charge in [0.1, 0.15) is 11.4 Å². The number of nitrogens with zero attached hydrogens (tertiary/aromatic N) is 3. The molecule has 0 radical (unpaired) electrons. The van der Waals surface area contributed by atoms with Crippen molar-refractivity contribution in [2.45, 2.75) is 38.8 Å². The molecular formula is C22H31N5O. The van der Waals surface area contributed by atoms with Crippen LogP contribution < -0.4 is 15.5 Å². The zero-order valence-corrected chi connectivity index (χ0v) is 16.9. The van der Waals surface area contributed by atoms with Crippen molar-refractivity contribution in [1.29, 1.82) is 0 Å². The number of aromatic nitrogens is 1. The van der Waals surface area contributed by atoms with E-state index in [1.807, 2.05) is 56.4 Å². The van der Waals surface area contributed by atoms with E-state index < -0.39 is 5.60 Å². The lowest BCUT2D eigenvalue weighted by Gasteiger charge is -2.25. The first kappa shape index (κ1) is 20.1. The van der Waals surface area contributed by atoms with Crippen LogP contribution in [0, 0.1) is 0 Å². The van der Waals surface area contributed by atoms with E-state index in [0.717, 1.165) is 36.6 Å². The Morgan fingerprint density at radius 1 is 1.18 bits per heavy atom. The van der Waals surface area contributed by atoms with Crippen molar-refractivity contribution in [3.8, 4) is 0 Å². The van der Waals surface area contributed by atoms with Crippen molar-refractivity contribution in [3.05, 3.63) is 59.8 Å². The lowest BCUT2D eigenvalue weighted by molar-refractivity contribution is 0.0617. The van der Waals surface area contributed by atoms with Gasteiger partial charge in [-0.05, 0) is 49.9 Å². The summed E-state index contributed by atoms with van der Waals surface area (Å²) in [6.07, 6.45) is 4.33. The number of pyridine rings is 1. The molecule has 1 fully saturated rings. The Balaban J connectivity index is 1.63. The monoisotopic (exact) mass is 381 g/mol. The summed E-state index contributed by atoms with van der Waals surface area (Å²) in [4.78, 5) is 11.5. The van der Waals surface area contributed by atoms with Gasteiger partial charge in [0.15, 0.2) is 5.96 Å². The molecule has 6 heteroatoms. The highest BCUT2D eigenvalue weighted by Gasteiger charge is 2.23. The Kier molecular flexibility index (Phi) is 6.87. The first-order valence-electron chi connectivity index (χ1n) is 10.1. The quantitative estimate of drug-likeness (QED) is 0.508. The van der Waals surface area contributed by atoms with Crippen LogP contribution in [0.3, 0.4) is 0 Å². The number of guanidine groups is 1. The van der Waals surface area contributed by atoms with Crippen molar-refractivity contribution < 1.29 is 5.11 Å². The first-order chi connectivity index (χ1) is 13.6. The number of hydrogen-bond acceptors (Lipinski definition) is 4. The van der Waals surface area contributed by atoms with Gasteiger partial charge in [-0.1, -0.05) is 30.3 Å². The van der Waals surface area contributed by atoms with Crippen LogP contribution in [0.15, 0.2) is 53.7 Å². The SMILES string of the molecule is CCNC(=NCc1ccnc(N2CCCC2)c1)NCC(C)(O)c1ccccc1. The molecule has 1 aromatic carbocycles. The maximum absolute atomic E-state index is 10.8.